The molecular formula is C27H30N4O7. The number of aliphatic hydroxyl groups excluding tert-OH is 2. The summed E-state index contributed by atoms with van der Waals surface area (Å²) in [6.45, 7) is 0. The summed E-state index contributed by atoms with van der Waals surface area (Å²) in [6.07, 6.45) is 1.94. The Morgan fingerprint density at radius 1 is 1.16 bits per heavy atom. The maximum absolute atomic E-state index is 14.0. The van der Waals surface area contributed by atoms with E-state index in [1.54, 1.807) is 38.5 Å². The zero-order valence-electron chi connectivity index (χ0n) is 21.4. The molecule has 11 nitrogen and oxygen atoms in total. The van der Waals surface area contributed by atoms with Crippen LogP contribution < -0.4 is 10.6 Å². The number of carbonyl (C=O) groups is 3. The summed E-state index contributed by atoms with van der Waals surface area (Å²) in [6, 6.07) is 4.24. The second-order valence-corrected chi connectivity index (χ2v) is 10.6. The molecule has 0 spiro atoms. The van der Waals surface area contributed by atoms with Gasteiger partial charge in [-0.25, -0.2) is 0 Å². The van der Waals surface area contributed by atoms with Crippen LogP contribution in [0.3, 0.4) is 0 Å². The number of hydrogen-bond donors (Lipinski definition) is 6. The molecule has 11 heteroatoms. The number of aliphatic hydroxyl groups is 3. The van der Waals surface area contributed by atoms with E-state index in [9.17, 15) is 34.8 Å². The van der Waals surface area contributed by atoms with Gasteiger partial charge in [-0.3, -0.25) is 19.3 Å². The van der Waals surface area contributed by atoms with Gasteiger partial charge in [-0.15, -0.1) is 0 Å². The van der Waals surface area contributed by atoms with Crippen molar-refractivity contribution in [1.82, 2.24) is 9.88 Å². The average Bonchev–Trinajstić information content (AvgIpc) is 3.35. The van der Waals surface area contributed by atoms with Gasteiger partial charge in [0.1, 0.15) is 22.8 Å². The number of nitrogens with zero attached hydrogens (tertiary/aromatic N) is 2. The molecule has 7 N–H and O–H groups in total. The van der Waals surface area contributed by atoms with E-state index in [4.69, 9.17) is 5.73 Å². The van der Waals surface area contributed by atoms with Gasteiger partial charge in [0.15, 0.2) is 11.4 Å². The minimum atomic E-state index is -2.67. The van der Waals surface area contributed by atoms with Crippen molar-refractivity contribution < 1.29 is 34.8 Å². The molecule has 0 unspecified atom stereocenters. The molecule has 38 heavy (non-hydrogen) atoms. The Bertz CT molecular complexity index is 1450. The number of phenolic OH excluding ortho intramolecular Hbond substituents is 1. The van der Waals surface area contributed by atoms with Gasteiger partial charge in [-0.05, 0) is 56.6 Å². The van der Waals surface area contributed by atoms with Crippen molar-refractivity contribution in [3.8, 4) is 17.0 Å². The molecule has 1 amide bonds. The maximum Gasteiger partial charge on any atom is 0.255 e. The molecule has 3 aliphatic carbocycles. The number of ketones is 2. The Kier molecular flexibility index (Phi) is 5.69. The Hall–Kier alpha value is -4.09. The molecule has 0 fully saturated rings. The lowest BCUT2D eigenvalue weighted by atomic mass is 9.58. The number of Topliss-reactive ketones (excluding diaryl/α,β-unsaturated/α-hetero) is 2. The predicted octanol–water partition coefficient (Wildman–Crippen LogP) is 1.18. The van der Waals surface area contributed by atoms with E-state index in [0.29, 0.717) is 22.5 Å². The number of aromatic amines is 1. The second kappa shape index (κ2) is 8.47. The molecule has 0 bridgehead atoms. The Morgan fingerprint density at radius 2 is 1.84 bits per heavy atom. The van der Waals surface area contributed by atoms with E-state index in [2.05, 4.69) is 4.98 Å². The van der Waals surface area contributed by atoms with Crippen LogP contribution in [0.4, 0.5) is 5.69 Å². The quantitative estimate of drug-likeness (QED) is 0.321. The smallest absolute Gasteiger partial charge is 0.255 e. The van der Waals surface area contributed by atoms with Crippen LogP contribution in [-0.4, -0.2) is 87.6 Å². The van der Waals surface area contributed by atoms with Gasteiger partial charge < -0.3 is 36.0 Å². The van der Waals surface area contributed by atoms with Gasteiger partial charge in [0.2, 0.25) is 5.78 Å². The minimum Gasteiger partial charge on any atom is -0.510 e. The third-order valence-electron chi connectivity index (χ3n) is 8.07. The van der Waals surface area contributed by atoms with E-state index in [0.717, 1.165) is 0 Å². The topological polar surface area (TPSA) is 180 Å². The summed E-state index contributed by atoms with van der Waals surface area (Å²) < 4.78 is 0. The SMILES string of the molecule is CN(C)c1cc(-c2ccc[nH]2)c(O)c2c1C[C@H]1C[C@H]3[C@H](N(C)C)C(O)=C(C(N)=O)C(=O)[C@@]3(O)C(O)=C1C2=O. The van der Waals surface area contributed by atoms with Gasteiger partial charge in [0, 0.05) is 48.7 Å². The van der Waals surface area contributed by atoms with Crippen molar-refractivity contribution in [1.29, 1.82) is 0 Å². The fraction of sp³-hybridized carbons (Fsp3) is 0.370. The number of H-pyrrole nitrogens is 1. The molecule has 0 saturated heterocycles. The van der Waals surface area contributed by atoms with Gasteiger partial charge in [0.05, 0.1) is 11.6 Å². The Balaban J connectivity index is 1.76. The highest BCUT2D eigenvalue weighted by molar-refractivity contribution is 6.25. The average molecular weight is 523 g/mol. The number of hydrogen-bond acceptors (Lipinski definition) is 9. The largest absolute Gasteiger partial charge is 0.510 e. The number of phenols is 1. The fourth-order valence-electron chi connectivity index (χ4n) is 6.40. The number of likely N-dealkylation sites (N-methyl/N-ethyl adjacent to an activating group) is 1. The monoisotopic (exact) mass is 522 g/mol. The molecule has 1 heterocycles. The summed E-state index contributed by atoms with van der Waals surface area (Å²) in [7, 11) is 6.82. The number of anilines is 1. The van der Waals surface area contributed by atoms with Crippen molar-refractivity contribution in [2.24, 2.45) is 17.6 Å². The number of fused-ring (bicyclic) bond motifs is 3. The number of amides is 1. The maximum atomic E-state index is 14.0. The van der Waals surface area contributed by atoms with Gasteiger partial charge in [-0.1, -0.05) is 0 Å². The van der Waals surface area contributed by atoms with Crippen LogP contribution in [0, 0.1) is 11.8 Å². The molecule has 1 aromatic carbocycles. The first-order valence-corrected chi connectivity index (χ1v) is 12.2. The summed E-state index contributed by atoms with van der Waals surface area (Å²) in [4.78, 5) is 45.9. The van der Waals surface area contributed by atoms with E-state index >= 15 is 0 Å². The number of allylic oxidation sites excluding steroid dienone is 1. The van der Waals surface area contributed by atoms with Crippen LogP contribution in [0.1, 0.15) is 22.3 Å². The van der Waals surface area contributed by atoms with E-state index in [-0.39, 0.29) is 29.7 Å². The summed E-state index contributed by atoms with van der Waals surface area (Å²) in [5.41, 5.74) is 3.88. The normalized spacial score (nSPS) is 26.8. The zero-order valence-corrected chi connectivity index (χ0v) is 21.4. The van der Waals surface area contributed by atoms with Crippen LogP contribution >= 0.6 is 0 Å². The molecule has 1 aromatic heterocycles. The van der Waals surface area contributed by atoms with Gasteiger partial charge in [0.25, 0.3) is 5.91 Å². The zero-order chi connectivity index (χ0) is 27.8. The highest BCUT2D eigenvalue weighted by Crippen LogP contribution is 2.54. The number of aromatic nitrogens is 1. The molecule has 0 radical (unpaired) electrons. The predicted molar refractivity (Wildman–Crippen MR) is 138 cm³/mol. The molecule has 0 aliphatic heterocycles. The number of primary amides is 1. The lowest BCUT2D eigenvalue weighted by Gasteiger charge is -2.50. The molecule has 5 rings (SSSR count). The molecule has 4 atom stereocenters. The van der Waals surface area contributed by atoms with Crippen LogP contribution in [0.25, 0.3) is 11.3 Å². The highest BCUT2D eigenvalue weighted by atomic mass is 16.3. The highest BCUT2D eigenvalue weighted by Gasteiger charge is 2.63. The first-order chi connectivity index (χ1) is 17.8. The molecule has 2 aromatic rings. The molecule has 0 saturated carbocycles. The number of rotatable bonds is 4. The summed E-state index contributed by atoms with van der Waals surface area (Å²) in [5, 5.41) is 45.3. The summed E-state index contributed by atoms with van der Waals surface area (Å²) >= 11 is 0. The second-order valence-electron chi connectivity index (χ2n) is 10.6. The lowest BCUT2D eigenvalue weighted by molar-refractivity contribution is -0.148. The first kappa shape index (κ1) is 25.6. The van der Waals surface area contributed by atoms with Crippen molar-refractivity contribution in [2.75, 3.05) is 33.1 Å². The standard InChI is InChI=1S/C27H30N4O7/c1-30(2)16-10-12(15-6-5-7-29-15)21(32)18-13(16)8-11-9-14-20(31(3)4)23(34)19(26(28)37)25(36)27(14,38)24(35)17(11)22(18)33/h5-7,10-11,14,20,29,32,34-35,38H,8-9H2,1-4H3,(H2,28,37)/t11-,14-,20-,27-/m0/s1. The van der Waals surface area contributed by atoms with Gasteiger partial charge >= 0.3 is 0 Å². The number of carbonyl (C=O) groups excluding carboxylic acids is 3. The van der Waals surface area contributed by atoms with Crippen molar-refractivity contribution in [3.63, 3.8) is 0 Å². The molecule has 200 valence electrons. The number of benzene rings is 1. The Labute approximate surface area is 218 Å². The number of aromatic hydroxyl groups is 1. The number of nitrogens with two attached hydrogens (primary N) is 1. The van der Waals surface area contributed by atoms with E-state index < -0.39 is 58.0 Å². The summed E-state index contributed by atoms with van der Waals surface area (Å²) in [5.74, 6) is -6.69. The minimum absolute atomic E-state index is 0.0263. The molecule has 3 aliphatic rings. The van der Waals surface area contributed by atoms with Crippen LogP contribution in [-0.2, 0) is 16.0 Å². The Morgan fingerprint density at radius 3 is 2.39 bits per heavy atom. The van der Waals surface area contributed by atoms with Crippen molar-refractivity contribution >= 4 is 23.2 Å². The van der Waals surface area contributed by atoms with Crippen LogP contribution in [0.2, 0.25) is 0 Å². The number of nitrogens with one attached hydrogen (secondary N) is 1. The molecular weight excluding hydrogens is 492 g/mol. The van der Waals surface area contributed by atoms with Crippen LogP contribution in [0.15, 0.2) is 47.1 Å². The van der Waals surface area contributed by atoms with Crippen LogP contribution in [0.5, 0.6) is 5.75 Å². The third kappa shape index (κ3) is 3.25. The first-order valence-electron chi connectivity index (χ1n) is 12.2. The fourth-order valence-corrected chi connectivity index (χ4v) is 6.40. The van der Waals surface area contributed by atoms with Crippen molar-refractivity contribution in [3.05, 3.63) is 58.2 Å². The van der Waals surface area contributed by atoms with Gasteiger partial charge in [-0.2, -0.15) is 0 Å². The van der Waals surface area contributed by atoms with Crippen molar-refractivity contribution in [2.45, 2.75) is 24.5 Å². The lowest BCUT2D eigenvalue weighted by Crippen LogP contribution is -2.63. The van der Waals surface area contributed by atoms with E-state index in [1.165, 1.54) is 4.90 Å². The third-order valence-corrected chi connectivity index (χ3v) is 8.07. The van der Waals surface area contributed by atoms with E-state index in [1.807, 2.05) is 19.0 Å².